The van der Waals surface area contributed by atoms with Gasteiger partial charge in [0, 0.05) is 25.2 Å². The predicted octanol–water partition coefficient (Wildman–Crippen LogP) is 2.98. The maximum Gasteiger partial charge on any atom is 0.391 e. The summed E-state index contributed by atoms with van der Waals surface area (Å²) in [5.74, 6) is -1.50. The molecule has 1 aromatic carbocycles. The predicted molar refractivity (Wildman–Crippen MR) is 76.3 cm³/mol. The molecule has 1 aromatic rings. The highest BCUT2D eigenvalue weighted by Crippen LogP contribution is 2.34. The highest BCUT2D eigenvalue weighted by atomic mass is 35.5. The van der Waals surface area contributed by atoms with Gasteiger partial charge in [-0.2, -0.15) is 13.2 Å². The lowest BCUT2D eigenvalue weighted by atomic mass is 9.96. The Hall–Kier alpha value is -1.27. The Kier molecular flexibility index (Phi) is 6.04. The Morgan fingerprint density at radius 1 is 1.19 bits per heavy atom. The van der Waals surface area contributed by atoms with Crippen molar-refractivity contribution in [2.45, 2.75) is 25.6 Å². The number of amides is 1. The second-order valence-electron chi connectivity index (χ2n) is 5.01. The van der Waals surface area contributed by atoms with Crippen molar-refractivity contribution < 1.29 is 18.0 Å². The molecule has 1 aliphatic heterocycles. The maximum absolute atomic E-state index is 12.6. The average molecular weight is 323 g/mol. The number of halogens is 4. The number of alkyl halides is 3. The van der Waals surface area contributed by atoms with E-state index >= 15 is 0 Å². The Bertz CT molecular complexity index is 468. The van der Waals surface area contributed by atoms with Gasteiger partial charge in [0.15, 0.2) is 0 Å². The second kappa shape index (κ2) is 7.13. The van der Waals surface area contributed by atoms with Gasteiger partial charge in [0.05, 0.1) is 5.92 Å². The number of hydrogen-bond acceptors (Lipinski definition) is 2. The molecule has 1 saturated heterocycles. The van der Waals surface area contributed by atoms with E-state index in [1.165, 1.54) is 4.90 Å². The van der Waals surface area contributed by atoms with Gasteiger partial charge in [-0.05, 0) is 30.5 Å². The molecular formula is C14H18ClF3N2O. The van der Waals surface area contributed by atoms with Gasteiger partial charge >= 0.3 is 6.18 Å². The molecule has 1 aliphatic rings. The third-order valence-electron chi connectivity index (χ3n) is 3.68. The van der Waals surface area contributed by atoms with Crippen LogP contribution >= 0.6 is 12.4 Å². The number of nitrogens with two attached hydrogens (primary N) is 1. The number of rotatable bonds is 2. The van der Waals surface area contributed by atoms with Crippen LogP contribution in [0, 0.1) is 5.92 Å². The topological polar surface area (TPSA) is 46.3 Å². The minimum absolute atomic E-state index is 0. The van der Waals surface area contributed by atoms with Gasteiger partial charge in [-0.25, -0.2) is 0 Å². The fraction of sp³-hybridized carbons (Fsp3) is 0.500. The van der Waals surface area contributed by atoms with E-state index in [0.717, 1.165) is 5.56 Å². The molecule has 2 N–H and O–H groups in total. The molecule has 1 heterocycles. The largest absolute Gasteiger partial charge is 0.391 e. The van der Waals surface area contributed by atoms with Crippen molar-refractivity contribution in [3.05, 3.63) is 35.4 Å². The van der Waals surface area contributed by atoms with Crippen LogP contribution in [-0.4, -0.2) is 30.1 Å². The van der Waals surface area contributed by atoms with E-state index in [1.54, 1.807) is 24.3 Å². The summed E-state index contributed by atoms with van der Waals surface area (Å²) in [6.07, 6.45) is -4.19. The fourth-order valence-corrected chi connectivity index (χ4v) is 2.38. The number of likely N-dealkylation sites (tertiary alicyclic amines) is 1. The Labute approximate surface area is 127 Å². The Morgan fingerprint density at radius 2 is 1.71 bits per heavy atom. The molecule has 1 fully saturated rings. The van der Waals surface area contributed by atoms with Crippen molar-refractivity contribution >= 4 is 18.3 Å². The normalized spacial score (nSPS) is 16.5. The van der Waals surface area contributed by atoms with E-state index in [0.29, 0.717) is 12.1 Å². The van der Waals surface area contributed by atoms with E-state index in [2.05, 4.69) is 0 Å². The van der Waals surface area contributed by atoms with E-state index in [4.69, 9.17) is 5.73 Å². The van der Waals surface area contributed by atoms with Crippen molar-refractivity contribution in [3.63, 3.8) is 0 Å². The molecule has 0 bridgehead atoms. The zero-order valence-corrected chi connectivity index (χ0v) is 12.2. The summed E-state index contributed by atoms with van der Waals surface area (Å²) < 4.78 is 37.7. The van der Waals surface area contributed by atoms with Gasteiger partial charge in [0.1, 0.15) is 0 Å². The monoisotopic (exact) mass is 322 g/mol. The number of nitrogens with zero attached hydrogens (tertiary/aromatic N) is 1. The van der Waals surface area contributed by atoms with Crippen molar-refractivity contribution in [2.24, 2.45) is 11.7 Å². The van der Waals surface area contributed by atoms with E-state index in [1.807, 2.05) is 0 Å². The van der Waals surface area contributed by atoms with Gasteiger partial charge in [-0.3, -0.25) is 4.79 Å². The van der Waals surface area contributed by atoms with Crippen molar-refractivity contribution in [1.82, 2.24) is 4.90 Å². The first-order valence-corrected chi connectivity index (χ1v) is 6.57. The van der Waals surface area contributed by atoms with Crippen LogP contribution in [0.25, 0.3) is 0 Å². The summed E-state index contributed by atoms with van der Waals surface area (Å²) in [5, 5.41) is 0. The summed E-state index contributed by atoms with van der Waals surface area (Å²) in [5.41, 5.74) is 6.88. The minimum Gasteiger partial charge on any atom is -0.339 e. The lowest BCUT2D eigenvalue weighted by Crippen LogP contribution is -2.42. The van der Waals surface area contributed by atoms with Crippen LogP contribution in [0.4, 0.5) is 13.2 Å². The molecule has 0 aromatic heterocycles. The lowest BCUT2D eigenvalue weighted by Gasteiger charge is -2.33. The molecule has 118 valence electrons. The maximum atomic E-state index is 12.6. The molecule has 0 aliphatic carbocycles. The highest BCUT2D eigenvalue weighted by molar-refractivity contribution is 5.94. The first-order valence-electron chi connectivity index (χ1n) is 6.57. The summed E-state index contributed by atoms with van der Waals surface area (Å²) in [4.78, 5) is 13.7. The summed E-state index contributed by atoms with van der Waals surface area (Å²) in [7, 11) is 0. The van der Waals surface area contributed by atoms with Crippen LogP contribution in [0.2, 0.25) is 0 Å². The molecule has 0 spiro atoms. The van der Waals surface area contributed by atoms with Crippen molar-refractivity contribution in [3.8, 4) is 0 Å². The average Bonchev–Trinajstić information content (AvgIpc) is 2.46. The molecule has 7 heteroatoms. The van der Waals surface area contributed by atoms with Crippen LogP contribution in [0.5, 0.6) is 0 Å². The van der Waals surface area contributed by atoms with Crippen LogP contribution in [0.3, 0.4) is 0 Å². The fourth-order valence-electron chi connectivity index (χ4n) is 2.38. The second-order valence-corrected chi connectivity index (χ2v) is 5.01. The standard InChI is InChI=1S/C14H17F3N2O.ClH/c15-14(16,17)12-5-7-19(8-6-12)13(20)11-3-1-10(9-18)2-4-11;/h1-4,12H,5-9,18H2;1H. The molecular weight excluding hydrogens is 305 g/mol. The number of carbonyl (C=O) groups is 1. The summed E-state index contributed by atoms with van der Waals surface area (Å²) in [6, 6.07) is 6.85. The Morgan fingerprint density at radius 3 is 2.14 bits per heavy atom. The molecule has 2 rings (SSSR count). The first kappa shape index (κ1) is 17.8. The molecule has 0 atom stereocenters. The van der Waals surface area contributed by atoms with E-state index in [-0.39, 0.29) is 44.2 Å². The van der Waals surface area contributed by atoms with Gasteiger partial charge in [-0.1, -0.05) is 12.1 Å². The molecule has 0 unspecified atom stereocenters. The third kappa shape index (κ3) is 4.35. The highest BCUT2D eigenvalue weighted by Gasteiger charge is 2.41. The molecule has 0 saturated carbocycles. The number of hydrogen-bond donors (Lipinski definition) is 1. The molecule has 1 amide bonds. The SMILES string of the molecule is Cl.NCc1ccc(C(=O)N2CCC(C(F)(F)F)CC2)cc1. The Balaban J connectivity index is 0.00000220. The summed E-state index contributed by atoms with van der Waals surface area (Å²) in [6.45, 7) is 0.703. The van der Waals surface area contributed by atoms with Crippen LogP contribution < -0.4 is 5.73 Å². The van der Waals surface area contributed by atoms with E-state index in [9.17, 15) is 18.0 Å². The quantitative estimate of drug-likeness (QED) is 0.910. The van der Waals surface area contributed by atoms with Gasteiger partial charge in [-0.15, -0.1) is 12.4 Å². The molecule has 0 radical (unpaired) electrons. The lowest BCUT2D eigenvalue weighted by molar-refractivity contribution is -0.183. The minimum atomic E-state index is -4.15. The number of benzene rings is 1. The smallest absolute Gasteiger partial charge is 0.339 e. The van der Waals surface area contributed by atoms with Gasteiger partial charge in [0.25, 0.3) is 5.91 Å². The summed E-state index contributed by atoms with van der Waals surface area (Å²) >= 11 is 0. The van der Waals surface area contributed by atoms with Crippen molar-refractivity contribution in [2.75, 3.05) is 13.1 Å². The van der Waals surface area contributed by atoms with Gasteiger partial charge < -0.3 is 10.6 Å². The zero-order chi connectivity index (χ0) is 14.8. The van der Waals surface area contributed by atoms with Crippen molar-refractivity contribution in [1.29, 1.82) is 0 Å². The van der Waals surface area contributed by atoms with Gasteiger partial charge in [0.2, 0.25) is 0 Å². The molecule has 3 nitrogen and oxygen atoms in total. The number of carbonyl (C=O) groups excluding carboxylic acids is 1. The van der Waals surface area contributed by atoms with Crippen LogP contribution in [-0.2, 0) is 6.54 Å². The number of piperidine rings is 1. The van der Waals surface area contributed by atoms with Crippen LogP contribution in [0.15, 0.2) is 24.3 Å². The molecule has 21 heavy (non-hydrogen) atoms. The third-order valence-corrected chi connectivity index (χ3v) is 3.68. The van der Waals surface area contributed by atoms with Crippen LogP contribution in [0.1, 0.15) is 28.8 Å². The first-order chi connectivity index (χ1) is 9.41. The zero-order valence-electron chi connectivity index (χ0n) is 11.4. The van der Waals surface area contributed by atoms with E-state index < -0.39 is 12.1 Å².